The molecule has 0 aromatic carbocycles. The highest BCUT2D eigenvalue weighted by atomic mass is 35.5. The molecule has 0 saturated heterocycles. The Morgan fingerprint density at radius 2 is 1.12 bits per heavy atom. The third kappa shape index (κ3) is 6.57. The third-order valence-electron chi connectivity index (χ3n) is 1.80. The van der Waals surface area contributed by atoms with Gasteiger partial charge in [-0.05, 0) is 0 Å². The maximum Gasteiger partial charge on any atom is 0.294 e. The van der Waals surface area contributed by atoms with Crippen LogP contribution in [0.2, 0.25) is 0 Å². The molecule has 0 heterocycles. The highest BCUT2D eigenvalue weighted by Crippen LogP contribution is 2.29. The van der Waals surface area contributed by atoms with E-state index in [1.807, 2.05) is 0 Å². The summed E-state index contributed by atoms with van der Waals surface area (Å²) >= 11 is 9.07. The van der Waals surface area contributed by atoms with Gasteiger partial charge in [0.15, 0.2) is 0 Å². The molecule has 0 spiro atoms. The second kappa shape index (κ2) is 6.89. The van der Waals surface area contributed by atoms with Crippen LogP contribution in [0, 0.1) is 0 Å². The maximum atomic E-state index is 12.5. The molecule has 0 aliphatic carbocycles. The summed E-state index contributed by atoms with van der Waals surface area (Å²) < 4.78 is 78.6. The predicted molar refractivity (Wildman–Crippen MR) is 51.4 cm³/mol. The lowest BCUT2D eigenvalue weighted by molar-refractivity contribution is -0.0835. The van der Waals surface area contributed by atoms with Crippen LogP contribution in [0.25, 0.3) is 0 Å². The zero-order chi connectivity index (χ0) is 13.7. The van der Waals surface area contributed by atoms with Crippen LogP contribution in [0.15, 0.2) is 0 Å². The molecule has 2 unspecified atom stereocenters. The number of rotatable bonds is 8. The minimum Gasteiger partial charge on any atom is -0.381 e. The number of hydrogen-bond acceptors (Lipinski definition) is 1. The van der Waals surface area contributed by atoms with Gasteiger partial charge in [0, 0.05) is 12.8 Å². The SMILES string of the molecule is FC(Cl)C(F)(F)CCOCCC(F)(F)C(F)Cl. The lowest BCUT2D eigenvalue weighted by Gasteiger charge is -2.18. The third-order valence-corrected chi connectivity index (χ3v) is 2.44. The molecule has 0 amide bonds. The number of halogens is 8. The number of ether oxygens (including phenoxy) is 1. The summed E-state index contributed by atoms with van der Waals surface area (Å²) in [6.45, 7) is -1.34. The lowest BCUT2D eigenvalue weighted by Crippen LogP contribution is -2.29. The van der Waals surface area contributed by atoms with E-state index >= 15 is 0 Å². The monoisotopic (exact) mass is 306 g/mol. The first-order valence-electron chi connectivity index (χ1n) is 4.49. The Hall–Kier alpha value is 0.120. The van der Waals surface area contributed by atoms with Crippen LogP contribution in [-0.4, -0.2) is 36.3 Å². The van der Waals surface area contributed by atoms with Gasteiger partial charge in [-0.3, -0.25) is 0 Å². The zero-order valence-corrected chi connectivity index (χ0v) is 9.93. The van der Waals surface area contributed by atoms with Gasteiger partial charge in [0.05, 0.1) is 13.2 Å². The lowest BCUT2D eigenvalue weighted by atomic mass is 10.2. The van der Waals surface area contributed by atoms with Gasteiger partial charge in [0.1, 0.15) is 0 Å². The summed E-state index contributed by atoms with van der Waals surface area (Å²) in [6, 6.07) is 0. The highest BCUT2D eigenvalue weighted by Gasteiger charge is 2.39. The van der Waals surface area contributed by atoms with E-state index in [-0.39, 0.29) is 0 Å². The molecule has 1 nitrogen and oxygen atoms in total. The maximum absolute atomic E-state index is 12.5. The first kappa shape index (κ1) is 17.1. The van der Waals surface area contributed by atoms with Crippen molar-refractivity contribution in [1.82, 2.24) is 0 Å². The highest BCUT2D eigenvalue weighted by molar-refractivity contribution is 6.20. The summed E-state index contributed by atoms with van der Waals surface area (Å²) in [5.41, 5.74) is -5.74. The standard InChI is InChI=1S/C8H10Cl2F6O/c9-5(11)7(13,14)1-3-17-4-2-8(15,16)6(10)12/h5-6H,1-4H2. The molecule has 0 aromatic rings. The van der Waals surface area contributed by atoms with Gasteiger partial charge < -0.3 is 4.74 Å². The molecular formula is C8H10Cl2F6O. The Balaban J connectivity index is 3.74. The molecule has 0 aliphatic rings. The minimum absolute atomic E-state index is 0.671. The van der Waals surface area contributed by atoms with Crippen molar-refractivity contribution in [3.63, 3.8) is 0 Å². The minimum atomic E-state index is -3.79. The van der Waals surface area contributed by atoms with Crippen LogP contribution in [0.4, 0.5) is 26.3 Å². The van der Waals surface area contributed by atoms with Crippen molar-refractivity contribution in [1.29, 1.82) is 0 Å². The molecule has 0 aromatic heterocycles. The quantitative estimate of drug-likeness (QED) is 0.372. The van der Waals surface area contributed by atoms with Crippen molar-refractivity contribution in [3.8, 4) is 0 Å². The molecule has 0 radical (unpaired) electrons. The van der Waals surface area contributed by atoms with Crippen LogP contribution in [0.1, 0.15) is 12.8 Å². The number of alkyl halides is 8. The second-order valence-corrected chi connectivity index (χ2v) is 4.00. The normalized spacial score (nSPS) is 16.9. The van der Waals surface area contributed by atoms with Gasteiger partial charge in [-0.1, -0.05) is 23.2 Å². The molecule has 0 bridgehead atoms. The van der Waals surface area contributed by atoms with Gasteiger partial charge >= 0.3 is 0 Å². The molecule has 0 rings (SSSR count). The Kier molecular flexibility index (Phi) is 6.94. The van der Waals surface area contributed by atoms with E-state index in [0.717, 1.165) is 0 Å². The van der Waals surface area contributed by atoms with Crippen molar-refractivity contribution < 1.29 is 31.1 Å². The summed E-state index contributed by atoms with van der Waals surface area (Å²) in [6.07, 6.45) is -2.10. The van der Waals surface area contributed by atoms with Crippen LogP contribution in [0.5, 0.6) is 0 Å². The fourth-order valence-electron chi connectivity index (χ4n) is 0.737. The van der Waals surface area contributed by atoms with Crippen LogP contribution in [0.3, 0.4) is 0 Å². The summed E-state index contributed by atoms with van der Waals surface area (Å²) in [5, 5.41) is 0. The molecular weight excluding hydrogens is 297 g/mol. The van der Waals surface area contributed by atoms with E-state index in [0.29, 0.717) is 0 Å². The van der Waals surface area contributed by atoms with Gasteiger partial charge in [-0.25, -0.2) is 26.3 Å². The van der Waals surface area contributed by atoms with Crippen molar-refractivity contribution >= 4 is 23.2 Å². The van der Waals surface area contributed by atoms with Crippen LogP contribution >= 0.6 is 23.2 Å². The van der Waals surface area contributed by atoms with Crippen molar-refractivity contribution in [2.45, 2.75) is 35.9 Å². The Bertz CT molecular complexity index is 202. The van der Waals surface area contributed by atoms with Gasteiger partial charge in [-0.15, -0.1) is 0 Å². The zero-order valence-electron chi connectivity index (χ0n) is 8.42. The smallest absolute Gasteiger partial charge is 0.294 e. The van der Waals surface area contributed by atoms with Gasteiger partial charge in [0.25, 0.3) is 11.8 Å². The molecule has 9 heteroatoms. The molecule has 0 aliphatic heterocycles. The average Bonchev–Trinajstić information content (AvgIpc) is 2.16. The molecule has 0 fully saturated rings. The van der Waals surface area contributed by atoms with E-state index in [2.05, 4.69) is 27.9 Å². The molecule has 0 N–H and O–H groups in total. The van der Waals surface area contributed by atoms with E-state index in [4.69, 9.17) is 0 Å². The van der Waals surface area contributed by atoms with E-state index in [1.54, 1.807) is 0 Å². The Labute approximate surface area is 104 Å². The number of hydrogen-bond donors (Lipinski definition) is 0. The predicted octanol–water partition coefficient (Wildman–Crippen LogP) is 4.12. The fraction of sp³-hybridized carbons (Fsp3) is 1.00. The van der Waals surface area contributed by atoms with Crippen molar-refractivity contribution in [2.75, 3.05) is 13.2 Å². The first-order chi connectivity index (χ1) is 7.59. The van der Waals surface area contributed by atoms with Gasteiger partial charge in [-0.2, -0.15) is 0 Å². The Morgan fingerprint density at radius 1 is 0.824 bits per heavy atom. The van der Waals surface area contributed by atoms with E-state index in [9.17, 15) is 26.3 Å². The average molecular weight is 307 g/mol. The topological polar surface area (TPSA) is 9.23 Å². The van der Waals surface area contributed by atoms with E-state index < -0.39 is 49.2 Å². The summed E-state index contributed by atoms with van der Waals surface area (Å²) in [5.74, 6) is -7.58. The largest absolute Gasteiger partial charge is 0.381 e. The molecule has 104 valence electrons. The molecule has 2 atom stereocenters. The first-order valence-corrected chi connectivity index (χ1v) is 5.36. The van der Waals surface area contributed by atoms with Crippen molar-refractivity contribution in [3.05, 3.63) is 0 Å². The van der Waals surface area contributed by atoms with Crippen molar-refractivity contribution in [2.24, 2.45) is 0 Å². The second-order valence-electron chi connectivity index (χ2n) is 3.24. The fourth-order valence-corrected chi connectivity index (χ4v) is 0.955. The van der Waals surface area contributed by atoms with Crippen LogP contribution < -0.4 is 0 Å². The van der Waals surface area contributed by atoms with Gasteiger partial charge in [0.2, 0.25) is 11.3 Å². The summed E-state index contributed by atoms with van der Waals surface area (Å²) in [4.78, 5) is 0. The molecule has 0 saturated carbocycles. The van der Waals surface area contributed by atoms with E-state index in [1.165, 1.54) is 0 Å². The molecule has 17 heavy (non-hydrogen) atoms. The Morgan fingerprint density at radius 3 is 1.35 bits per heavy atom. The van der Waals surface area contributed by atoms with Crippen LogP contribution in [-0.2, 0) is 4.74 Å². The summed E-state index contributed by atoms with van der Waals surface area (Å²) in [7, 11) is 0.